The molecule has 2 aromatic carbocycles. The zero-order valence-electron chi connectivity index (χ0n) is 12.0. The molecule has 0 aromatic heterocycles. The van der Waals surface area contributed by atoms with E-state index < -0.39 is 7.59 Å². The number of rotatable bonds is 4. The third kappa shape index (κ3) is 6.90. The van der Waals surface area contributed by atoms with Crippen molar-refractivity contribution >= 4 is 69.6 Å². The standard InChI is InChI=1S/C17H14Cl6/c18-16(19,20)10-14-7-3-1-5-12(14)9-13-6-2-4-8-15(13)11-17(21,22)23/h1-8H,9-11H2. The first-order chi connectivity index (χ1) is 10.6. The average molecular weight is 431 g/mol. The Kier molecular flexibility index (Phi) is 6.82. The van der Waals surface area contributed by atoms with Gasteiger partial charge < -0.3 is 0 Å². The summed E-state index contributed by atoms with van der Waals surface area (Å²) in [6, 6.07) is 15.8. The fraction of sp³-hybridized carbons (Fsp3) is 0.294. The first-order valence-corrected chi connectivity index (χ1v) is 9.18. The van der Waals surface area contributed by atoms with Gasteiger partial charge in [-0.15, -0.1) is 0 Å². The number of benzene rings is 2. The van der Waals surface area contributed by atoms with E-state index in [1.54, 1.807) is 0 Å². The molecule has 0 nitrogen and oxygen atoms in total. The summed E-state index contributed by atoms with van der Waals surface area (Å²) < 4.78 is -2.65. The van der Waals surface area contributed by atoms with E-state index in [4.69, 9.17) is 69.6 Å². The molecule has 2 aromatic rings. The molecule has 0 N–H and O–H groups in total. The van der Waals surface area contributed by atoms with E-state index in [1.165, 1.54) is 0 Å². The van der Waals surface area contributed by atoms with E-state index in [9.17, 15) is 0 Å². The SMILES string of the molecule is ClC(Cl)(Cl)Cc1ccccc1Cc1ccccc1CC(Cl)(Cl)Cl. The van der Waals surface area contributed by atoms with E-state index in [-0.39, 0.29) is 0 Å². The Balaban J connectivity index is 2.30. The lowest BCUT2D eigenvalue weighted by atomic mass is 9.94. The lowest BCUT2D eigenvalue weighted by Crippen LogP contribution is -2.11. The summed E-state index contributed by atoms with van der Waals surface area (Å²) in [5.41, 5.74) is 4.18. The molecule has 6 heteroatoms. The van der Waals surface area contributed by atoms with E-state index in [0.717, 1.165) is 22.3 Å². The van der Waals surface area contributed by atoms with Crippen molar-refractivity contribution in [2.24, 2.45) is 0 Å². The van der Waals surface area contributed by atoms with E-state index in [2.05, 4.69) is 0 Å². The van der Waals surface area contributed by atoms with E-state index in [0.29, 0.717) is 19.3 Å². The van der Waals surface area contributed by atoms with Gasteiger partial charge in [-0.25, -0.2) is 0 Å². The first-order valence-electron chi connectivity index (χ1n) is 6.91. The molecule has 0 heterocycles. The van der Waals surface area contributed by atoms with Gasteiger partial charge in [-0.05, 0) is 28.7 Å². The van der Waals surface area contributed by atoms with Gasteiger partial charge in [0.1, 0.15) is 0 Å². The van der Waals surface area contributed by atoms with Crippen LogP contribution in [0.5, 0.6) is 0 Å². The molecular weight excluding hydrogens is 417 g/mol. The Morgan fingerprint density at radius 2 is 0.826 bits per heavy atom. The Bertz CT molecular complexity index is 597. The van der Waals surface area contributed by atoms with Crippen molar-refractivity contribution in [2.45, 2.75) is 26.8 Å². The highest BCUT2D eigenvalue weighted by atomic mass is 35.6. The normalized spacial score (nSPS) is 12.4. The Labute approximate surface area is 166 Å². The quantitative estimate of drug-likeness (QED) is 0.453. The second-order valence-electron chi connectivity index (χ2n) is 5.30. The molecule has 0 aliphatic heterocycles. The molecule has 0 spiro atoms. The van der Waals surface area contributed by atoms with Crippen LogP contribution in [0.1, 0.15) is 22.3 Å². The minimum atomic E-state index is -1.33. The second-order valence-corrected chi connectivity index (χ2v) is 10.3. The maximum atomic E-state index is 5.94. The lowest BCUT2D eigenvalue weighted by molar-refractivity contribution is 0.956. The van der Waals surface area contributed by atoms with Crippen LogP contribution in [-0.4, -0.2) is 7.59 Å². The van der Waals surface area contributed by atoms with Gasteiger partial charge in [0.15, 0.2) is 7.59 Å². The second kappa shape index (κ2) is 8.04. The molecule has 124 valence electrons. The predicted octanol–water partition coefficient (Wildman–Crippen LogP) is 7.10. The van der Waals surface area contributed by atoms with Crippen molar-refractivity contribution in [3.05, 3.63) is 70.8 Å². The number of halogens is 6. The maximum absolute atomic E-state index is 5.94. The highest BCUT2D eigenvalue weighted by Gasteiger charge is 2.23. The van der Waals surface area contributed by atoms with Crippen LogP contribution in [0.15, 0.2) is 48.5 Å². The van der Waals surface area contributed by atoms with Gasteiger partial charge in [0.25, 0.3) is 0 Å². The number of hydrogen-bond acceptors (Lipinski definition) is 0. The van der Waals surface area contributed by atoms with Crippen LogP contribution in [0.3, 0.4) is 0 Å². The molecule has 0 saturated heterocycles. The topological polar surface area (TPSA) is 0 Å². The molecule has 0 bridgehead atoms. The van der Waals surface area contributed by atoms with Crippen molar-refractivity contribution in [1.82, 2.24) is 0 Å². The molecule has 0 radical (unpaired) electrons. The van der Waals surface area contributed by atoms with E-state index >= 15 is 0 Å². The predicted molar refractivity (Wildman–Crippen MR) is 104 cm³/mol. The van der Waals surface area contributed by atoms with Crippen LogP contribution in [-0.2, 0) is 19.3 Å². The first kappa shape index (κ1) is 19.5. The molecule has 0 saturated carbocycles. The third-order valence-corrected chi connectivity index (χ3v) is 4.20. The molecular formula is C17H14Cl6. The number of alkyl halides is 6. The van der Waals surface area contributed by atoms with Crippen molar-refractivity contribution in [3.8, 4) is 0 Å². The van der Waals surface area contributed by atoms with Gasteiger partial charge in [0.2, 0.25) is 0 Å². The molecule has 0 aliphatic carbocycles. The van der Waals surface area contributed by atoms with Crippen molar-refractivity contribution < 1.29 is 0 Å². The summed E-state index contributed by atoms with van der Waals surface area (Å²) in [6.07, 6.45) is 1.38. The van der Waals surface area contributed by atoms with Gasteiger partial charge in [-0.2, -0.15) is 0 Å². The molecule has 2 rings (SSSR count). The Morgan fingerprint density at radius 3 is 1.13 bits per heavy atom. The molecule has 0 fully saturated rings. The smallest absolute Gasteiger partial charge is 0.0833 e. The fourth-order valence-electron chi connectivity index (χ4n) is 2.44. The Morgan fingerprint density at radius 1 is 0.522 bits per heavy atom. The highest BCUT2D eigenvalue weighted by Crippen LogP contribution is 2.34. The van der Waals surface area contributed by atoms with Crippen molar-refractivity contribution in [2.75, 3.05) is 0 Å². The summed E-state index contributed by atoms with van der Waals surface area (Å²) in [7, 11) is 0. The number of hydrogen-bond donors (Lipinski definition) is 0. The summed E-state index contributed by atoms with van der Waals surface area (Å²) in [5, 5.41) is 0. The van der Waals surface area contributed by atoms with E-state index in [1.807, 2.05) is 48.5 Å². The average Bonchev–Trinajstić information content (AvgIpc) is 2.40. The Hall–Kier alpha value is 0.180. The van der Waals surface area contributed by atoms with Crippen LogP contribution in [0.25, 0.3) is 0 Å². The molecule has 0 amide bonds. The molecule has 0 atom stereocenters. The lowest BCUT2D eigenvalue weighted by Gasteiger charge is -2.17. The van der Waals surface area contributed by atoms with Gasteiger partial charge in [0.05, 0.1) is 0 Å². The van der Waals surface area contributed by atoms with Crippen LogP contribution in [0.2, 0.25) is 0 Å². The largest absolute Gasteiger partial charge is 0.194 e. The molecule has 0 aliphatic rings. The third-order valence-electron chi connectivity index (χ3n) is 3.40. The fourth-order valence-corrected chi connectivity index (χ4v) is 3.31. The summed E-state index contributed by atoms with van der Waals surface area (Å²) >= 11 is 35.6. The minimum Gasteiger partial charge on any atom is -0.0833 e. The minimum absolute atomic E-state index is 0.348. The van der Waals surface area contributed by atoms with Gasteiger partial charge in [-0.1, -0.05) is 118 Å². The molecule has 23 heavy (non-hydrogen) atoms. The van der Waals surface area contributed by atoms with Gasteiger partial charge in [0, 0.05) is 12.8 Å². The van der Waals surface area contributed by atoms with Gasteiger partial charge >= 0.3 is 0 Å². The van der Waals surface area contributed by atoms with Crippen LogP contribution in [0.4, 0.5) is 0 Å². The van der Waals surface area contributed by atoms with Crippen LogP contribution < -0.4 is 0 Å². The maximum Gasteiger partial charge on any atom is 0.194 e. The summed E-state index contributed by atoms with van der Waals surface area (Å²) in [6.45, 7) is 0. The summed E-state index contributed by atoms with van der Waals surface area (Å²) in [4.78, 5) is 0. The van der Waals surface area contributed by atoms with Crippen molar-refractivity contribution in [3.63, 3.8) is 0 Å². The molecule has 0 unspecified atom stereocenters. The highest BCUT2D eigenvalue weighted by molar-refractivity contribution is 6.68. The zero-order chi connectivity index (χ0) is 17.1. The monoisotopic (exact) mass is 428 g/mol. The van der Waals surface area contributed by atoms with Crippen LogP contribution >= 0.6 is 69.6 Å². The summed E-state index contributed by atoms with van der Waals surface area (Å²) in [5.74, 6) is 0. The van der Waals surface area contributed by atoms with Gasteiger partial charge in [-0.3, -0.25) is 0 Å². The zero-order valence-corrected chi connectivity index (χ0v) is 16.5. The van der Waals surface area contributed by atoms with Crippen LogP contribution in [0, 0.1) is 0 Å². The van der Waals surface area contributed by atoms with Crippen molar-refractivity contribution in [1.29, 1.82) is 0 Å².